The minimum Gasteiger partial charge on any atom is -0.496 e. The molecular formula is C7H12O2. The maximum atomic E-state index is 5.30. The van der Waals surface area contributed by atoms with E-state index < -0.39 is 0 Å². The average Bonchev–Trinajstić information content (AvgIpc) is 1.97. The lowest BCUT2D eigenvalue weighted by atomic mass is 10.4. The van der Waals surface area contributed by atoms with Crippen molar-refractivity contribution in [3.8, 4) is 0 Å². The lowest BCUT2D eigenvalue weighted by molar-refractivity contribution is 0.0342. The molecule has 2 heteroatoms. The third-order valence-corrected chi connectivity index (χ3v) is 1.25. The van der Waals surface area contributed by atoms with E-state index in [0.29, 0.717) is 6.61 Å². The predicted molar refractivity (Wildman–Crippen MR) is 35.1 cm³/mol. The highest BCUT2D eigenvalue weighted by Crippen LogP contribution is 2.03. The lowest BCUT2D eigenvalue weighted by Crippen LogP contribution is -2.13. The Bertz CT molecular complexity index is 109. The van der Waals surface area contributed by atoms with Crippen LogP contribution in [-0.4, -0.2) is 18.8 Å². The normalized spacial score (nSPS) is 35.3. The summed E-state index contributed by atoms with van der Waals surface area (Å²) in [6.07, 6.45) is 4.02. The predicted octanol–water partition coefficient (Wildman–Crippen LogP) is 1.32. The van der Waals surface area contributed by atoms with E-state index in [1.165, 1.54) is 0 Å². The van der Waals surface area contributed by atoms with Crippen molar-refractivity contribution in [3.05, 3.63) is 12.3 Å². The molecule has 0 saturated carbocycles. The number of hydrogen-bond acceptors (Lipinski definition) is 2. The van der Waals surface area contributed by atoms with Crippen LogP contribution in [0.25, 0.3) is 0 Å². The van der Waals surface area contributed by atoms with Crippen molar-refractivity contribution in [1.82, 2.24) is 0 Å². The maximum absolute atomic E-state index is 5.30. The summed E-state index contributed by atoms with van der Waals surface area (Å²) in [7, 11) is 0. The number of ether oxygens (including phenoxy) is 2. The Hall–Kier alpha value is -0.500. The molecule has 0 saturated heterocycles. The van der Waals surface area contributed by atoms with Gasteiger partial charge in [0, 0.05) is 0 Å². The van der Waals surface area contributed by atoms with Gasteiger partial charge in [0.2, 0.25) is 0 Å². The molecule has 0 aromatic carbocycles. The van der Waals surface area contributed by atoms with Crippen LogP contribution in [0.1, 0.15) is 13.8 Å². The van der Waals surface area contributed by atoms with Crippen LogP contribution in [-0.2, 0) is 9.47 Å². The standard InChI is InChI=1S/C7H12O2/c1-6-3-4-8-7(2)5-9-6/h3-4,6-7H,5H2,1-2H3/t6-,7+/m1/s1. The van der Waals surface area contributed by atoms with Gasteiger partial charge in [-0.05, 0) is 19.9 Å². The molecule has 0 aromatic rings. The summed E-state index contributed by atoms with van der Waals surface area (Å²) in [6, 6.07) is 0. The average molecular weight is 128 g/mol. The van der Waals surface area contributed by atoms with Gasteiger partial charge in [-0.1, -0.05) is 0 Å². The molecule has 52 valence electrons. The molecule has 0 bridgehead atoms. The van der Waals surface area contributed by atoms with Crippen molar-refractivity contribution in [2.24, 2.45) is 0 Å². The highest BCUT2D eigenvalue weighted by Gasteiger charge is 2.06. The Morgan fingerprint density at radius 3 is 3.00 bits per heavy atom. The Labute approximate surface area is 55.5 Å². The van der Waals surface area contributed by atoms with Gasteiger partial charge in [0.1, 0.15) is 6.10 Å². The van der Waals surface area contributed by atoms with Crippen LogP contribution < -0.4 is 0 Å². The van der Waals surface area contributed by atoms with Crippen molar-refractivity contribution >= 4 is 0 Å². The summed E-state index contributed by atoms with van der Waals surface area (Å²) in [5.41, 5.74) is 0. The molecule has 0 aromatic heterocycles. The van der Waals surface area contributed by atoms with Crippen LogP contribution in [0, 0.1) is 0 Å². The van der Waals surface area contributed by atoms with Crippen molar-refractivity contribution in [2.45, 2.75) is 26.1 Å². The van der Waals surface area contributed by atoms with Crippen LogP contribution >= 0.6 is 0 Å². The number of hydrogen-bond donors (Lipinski definition) is 0. The van der Waals surface area contributed by atoms with Gasteiger partial charge in [0.25, 0.3) is 0 Å². The molecule has 0 radical (unpaired) electrons. The lowest BCUT2D eigenvalue weighted by Gasteiger charge is -2.08. The molecule has 0 spiro atoms. The summed E-state index contributed by atoms with van der Waals surface area (Å²) in [5, 5.41) is 0. The van der Waals surface area contributed by atoms with Crippen molar-refractivity contribution in [2.75, 3.05) is 6.61 Å². The van der Waals surface area contributed by atoms with Crippen LogP contribution in [0.2, 0.25) is 0 Å². The zero-order valence-corrected chi connectivity index (χ0v) is 5.83. The minimum atomic E-state index is 0.200. The van der Waals surface area contributed by atoms with Crippen LogP contribution in [0.15, 0.2) is 12.3 Å². The van der Waals surface area contributed by atoms with E-state index in [9.17, 15) is 0 Å². The zero-order chi connectivity index (χ0) is 6.69. The third kappa shape index (κ3) is 2.06. The minimum absolute atomic E-state index is 0.200. The Balaban J connectivity index is 2.39. The first kappa shape index (κ1) is 6.62. The molecule has 1 aliphatic rings. The monoisotopic (exact) mass is 128 g/mol. The van der Waals surface area contributed by atoms with E-state index in [-0.39, 0.29) is 12.2 Å². The molecular weight excluding hydrogens is 116 g/mol. The van der Waals surface area contributed by atoms with E-state index in [0.717, 1.165) is 0 Å². The second-order valence-corrected chi connectivity index (χ2v) is 2.31. The molecule has 1 aliphatic heterocycles. The maximum Gasteiger partial charge on any atom is 0.118 e. The highest BCUT2D eigenvalue weighted by atomic mass is 16.5. The smallest absolute Gasteiger partial charge is 0.118 e. The van der Waals surface area contributed by atoms with Crippen LogP contribution in [0.3, 0.4) is 0 Å². The van der Waals surface area contributed by atoms with Crippen molar-refractivity contribution < 1.29 is 9.47 Å². The highest BCUT2D eigenvalue weighted by molar-refractivity contribution is 4.83. The fourth-order valence-corrected chi connectivity index (χ4v) is 0.672. The van der Waals surface area contributed by atoms with Gasteiger partial charge in [-0.15, -0.1) is 0 Å². The topological polar surface area (TPSA) is 18.5 Å². The van der Waals surface area contributed by atoms with Crippen LogP contribution in [0.5, 0.6) is 0 Å². The SMILES string of the molecule is C[C@@H]1C=CO[C@@H](C)CO1. The Kier molecular flexibility index (Phi) is 2.11. The van der Waals surface area contributed by atoms with Gasteiger partial charge in [-0.25, -0.2) is 0 Å². The first-order chi connectivity index (χ1) is 4.29. The zero-order valence-electron chi connectivity index (χ0n) is 5.83. The molecule has 1 rings (SSSR count). The molecule has 9 heavy (non-hydrogen) atoms. The Morgan fingerprint density at radius 1 is 1.44 bits per heavy atom. The van der Waals surface area contributed by atoms with Crippen molar-refractivity contribution in [1.29, 1.82) is 0 Å². The first-order valence-electron chi connectivity index (χ1n) is 3.23. The van der Waals surface area contributed by atoms with Gasteiger partial charge in [0.05, 0.1) is 19.0 Å². The molecule has 0 fully saturated rings. The molecule has 2 nitrogen and oxygen atoms in total. The van der Waals surface area contributed by atoms with E-state index >= 15 is 0 Å². The van der Waals surface area contributed by atoms with E-state index in [2.05, 4.69) is 0 Å². The summed E-state index contributed by atoms with van der Waals surface area (Å²) < 4.78 is 10.5. The summed E-state index contributed by atoms with van der Waals surface area (Å²) >= 11 is 0. The molecule has 0 unspecified atom stereocenters. The molecule has 0 aliphatic carbocycles. The van der Waals surface area contributed by atoms with E-state index in [1.54, 1.807) is 6.26 Å². The fraction of sp³-hybridized carbons (Fsp3) is 0.714. The van der Waals surface area contributed by atoms with Gasteiger partial charge in [-0.3, -0.25) is 0 Å². The molecule has 0 N–H and O–H groups in total. The van der Waals surface area contributed by atoms with Gasteiger partial charge in [-0.2, -0.15) is 0 Å². The Morgan fingerprint density at radius 2 is 2.22 bits per heavy atom. The summed E-state index contributed by atoms with van der Waals surface area (Å²) in [4.78, 5) is 0. The van der Waals surface area contributed by atoms with Gasteiger partial charge >= 0.3 is 0 Å². The second kappa shape index (κ2) is 2.87. The fourth-order valence-electron chi connectivity index (χ4n) is 0.672. The van der Waals surface area contributed by atoms with Crippen LogP contribution in [0.4, 0.5) is 0 Å². The summed E-state index contributed by atoms with van der Waals surface area (Å²) in [5.74, 6) is 0. The molecule has 0 amide bonds. The second-order valence-electron chi connectivity index (χ2n) is 2.31. The quantitative estimate of drug-likeness (QED) is 0.490. The largest absolute Gasteiger partial charge is 0.496 e. The van der Waals surface area contributed by atoms with Gasteiger partial charge < -0.3 is 9.47 Å². The summed E-state index contributed by atoms with van der Waals surface area (Å²) in [6.45, 7) is 4.68. The van der Waals surface area contributed by atoms with Crippen molar-refractivity contribution in [3.63, 3.8) is 0 Å². The van der Waals surface area contributed by atoms with E-state index in [1.807, 2.05) is 19.9 Å². The molecule has 2 atom stereocenters. The number of rotatable bonds is 0. The first-order valence-corrected chi connectivity index (χ1v) is 3.23. The third-order valence-electron chi connectivity index (χ3n) is 1.25. The van der Waals surface area contributed by atoms with Gasteiger partial charge in [0.15, 0.2) is 0 Å². The van der Waals surface area contributed by atoms with E-state index in [4.69, 9.17) is 9.47 Å². The molecule has 1 heterocycles.